The smallest absolute Gasteiger partial charge is 0.269 e. The predicted molar refractivity (Wildman–Crippen MR) is 96.1 cm³/mol. The second kappa shape index (κ2) is 6.77. The van der Waals surface area contributed by atoms with Gasteiger partial charge in [0.15, 0.2) is 0 Å². The summed E-state index contributed by atoms with van der Waals surface area (Å²) in [6, 6.07) is 14.7. The first-order chi connectivity index (χ1) is 12.6. The maximum atomic E-state index is 10.9. The number of nitriles is 1. The zero-order valence-electron chi connectivity index (χ0n) is 14.3. The van der Waals surface area contributed by atoms with E-state index in [0.717, 1.165) is 42.9 Å². The molecule has 4 rings (SSSR count). The summed E-state index contributed by atoms with van der Waals surface area (Å²) in [5.74, 6) is 1.71. The van der Waals surface area contributed by atoms with Crippen molar-refractivity contribution in [3.8, 4) is 11.8 Å². The lowest BCUT2D eigenvalue weighted by atomic mass is 9.86. The van der Waals surface area contributed by atoms with Crippen LogP contribution in [0.2, 0.25) is 0 Å². The lowest BCUT2D eigenvalue weighted by Crippen LogP contribution is -2.25. The molecule has 0 spiro atoms. The lowest BCUT2D eigenvalue weighted by Gasteiger charge is -2.27. The lowest BCUT2D eigenvalue weighted by molar-refractivity contribution is -0.384. The van der Waals surface area contributed by atoms with Gasteiger partial charge in [0, 0.05) is 49.2 Å². The molecule has 6 nitrogen and oxygen atoms in total. The van der Waals surface area contributed by atoms with E-state index < -0.39 is 0 Å². The van der Waals surface area contributed by atoms with Gasteiger partial charge in [0.1, 0.15) is 5.75 Å². The van der Waals surface area contributed by atoms with E-state index in [1.165, 1.54) is 6.07 Å². The minimum atomic E-state index is -0.352. The third-order valence-corrected chi connectivity index (χ3v) is 5.35. The topological polar surface area (TPSA) is 79.4 Å². The molecule has 1 saturated heterocycles. The van der Waals surface area contributed by atoms with E-state index >= 15 is 0 Å². The second-order valence-electron chi connectivity index (χ2n) is 6.98. The Morgan fingerprint density at radius 2 is 2.15 bits per heavy atom. The first-order valence-corrected chi connectivity index (χ1v) is 8.76. The van der Waals surface area contributed by atoms with Crippen LogP contribution in [0.4, 0.5) is 5.69 Å². The van der Waals surface area contributed by atoms with Crippen molar-refractivity contribution in [2.24, 2.45) is 5.92 Å². The van der Waals surface area contributed by atoms with Crippen LogP contribution >= 0.6 is 0 Å². The van der Waals surface area contributed by atoms with Gasteiger partial charge in [-0.25, -0.2) is 0 Å². The molecule has 2 aliphatic heterocycles. The zero-order chi connectivity index (χ0) is 18.1. The van der Waals surface area contributed by atoms with Gasteiger partial charge in [0.05, 0.1) is 23.2 Å². The van der Waals surface area contributed by atoms with Crippen molar-refractivity contribution >= 4 is 5.69 Å². The molecule has 26 heavy (non-hydrogen) atoms. The van der Waals surface area contributed by atoms with Gasteiger partial charge < -0.3 is 9.64 Å². The Kier molecular flexibility index (Phi) is 4.31. The van der Waals surface area contributed by atoms with Gasteiger partial charge in [-0.15, -0.1) is 0 Å². The highest BCUT2D eigenvalue weighted by Crippen LogP contribution is 2.41. The minimum Gasteiger partial charge on any atom is -0.493 e. The third kappa shape index (κ3) is 3.14. The first-order valence-electron chi connectivity index (χ1n) is 8.76. The highest BCUT2D eigenvalue weighted by Gasteiger charge is 2.38. The summed E-state index contributed by atoms with van der Waals surface area (Å²) in [4.78, 5) is 13.0. The highest BCUT2D eigenvalue weighted by molar-refractivity contribution is 5.46. The monoisotopic (exact) mass is 349 g/mol. The molecular weight excluding hydrogens is 330 g/mol. The quantitative estimate of drug-likeness (QED) is 0.626. The Morgan fingerprint density at radius 3 is 2.96 bits per heavy atom. The van der Waals surface area contributed by atoms with Crippen LogP contribution in [0.25, 0.3) is 0 Å². The standard InChI is InChI=1S/C20H19N3O3/c21-10-15-4-5-20-18(9-15)19-12-22(11-16(19)13-26-20)7-6-14-2-1-3-17(8-14)23(24)25/h1-5,8-9,16,19H,6-7,11-13H2. The molecule has 0 bridgehead atoms. The van der Waals surface area contributed by atoms with Crippen molar-refractivity contribution in [3.63, 3.8) is 0 Å². The van der Waals surface area contributed by atoms with Crippen LogP contribution < -0.4 is 4.74 Å². The van der Waals surface area contributed by atoms with Crippen LogP contribution in [0.15, 0.2) is 42.5 Å². The Labute approximate surface area is 151 Å². The molecule has 2 aliphatic rings. The molecule has 0 N–H and O–H groups in total. The first kappa shape index (κ1) is 16.6. The normalized spacial score (nSPS) is 21.3. The average molecular weight is 349 g/mol. The van der Waals surface area contributed by atoms with E-state index in [9.17, 15) is 10.1 Å². The molecule has 0 saturated carbocycles. The van der Waals surface area contributed by atoms with Crippen molar-refractivity contribution < 1.29 is 9.66 Å². The van der Waals surface area contributed by atoms with Gasteiger partial charge in [0.2, 0.25) is 0 Å². The maximum absolute atomic E-state index is 10.9. The Bertz CT molecular complexity index is 890. The van der Waals surface area contributed by atoms with Crippen LogP contribution in [0.1, 0.15) is 22.6 Å². The zero-order valence-corrected chi connectivity index (χ0v) is 14.3. The fraction of sp³-hybridized carbons (Fsp3) is 0.350. The molecule has 2 aromatic carbocycles. The average Bonchev–Trinajstić information content (AvgIpc) is 3.10. The number of hydrogen-bond donors (Lipinski definition) is 0. The number of benzene rings is 2. The molecule has 132 valence electrons. The maximum Gasteiger partial charge on any atom is 0.269 e. The summed E-state index contributed by atoms with van der Waals surface area (Å²) < 4.78 is 5.88. The summed E-state index contributed by atoms with van der Waals surface area (Å²) in [7, 11) is 0. The van der Waals surface area contributed by atoms with Crippen molar-refractivity contribution in [3.05, 3.63) is 69.3 Å². The van der Waals surface area contributed by atoms with E-state index in [1.54, 1.807) is 18.2 Å². The fourth-order valence-electron chi connectivity index (χ4n) is 4.01. The van der Waals surface area contributed by atoms with Crippen molar-refractivity contribution in [1.29, 1.82) is 5.26 Å². The molecular formula is C20H19N3O3. The molecule has 1 fully saturated rings. The van der Waals surface area contributed by atoms with Gasteiger partial charge in [-0.2, -0.15) is 5.26 Å². The van der Waals surface area contributed by atoms with Gasteiger partial charge in [0.25, 0.3) is 5.69 Å². The van der Waals surface area contributed by atoms with Crippen LogP contribution in [0.5, 0.6) is 5.75 Å². The molecule has 0 radical (unpaired) electrons. The van der Waals surface area contributed by atoms with Crippen molar-refractivity contribution in [1.82, 2.24) is 4.90 Å². The van der Waals surface area contributed by atoms with Gasteiger partial charge in [-0.1, -0.05) is 12.1 Å². The number of non-ortho nitro benzene ring substituents is 1. The number of rotatable bonds is 4. The third-order valence-electron chi connectivity index (χ3n) is 5.35. The second-order valence-corrected chi connectivity index (χ2v) is 6.98. The number of likely N-dealkylation sites (tertiary alicyclic amines) is 1. The molecule has 0 aliphatic carbocycles. The van der Waals surface area contributed by atoms with E-state index in [-0.39, 0.29) is 10.6 Å². The Morgan fingerprint density at radius 1 is 1.27 bits per heavy atom. The van der Waals surface area contributed by atoms with E-state index in [4.69, 9.17) is 10.00 Å². The molecule has 6 heteroatoms. The number of hydrogen-bond acceptors (Lipinski definition) is 5. The van der Waals surface area contributed by atoms with Gasteiger partial charge in [-0.05, 0) is 30.2 Å². The van der Waals surface area contributed by atoms with E-state index in [0.29, 0.717) is 24.0 Å². The molecule has 0 amide bonds. The number of fused-ring (bicyclic) bond motifs is 3. The summed E-state index contributed by atoms with van der Waals surface area (Å²) in [5.41, 5.74) is 2.93. The molecule has 2 aromatic rings. The summed E-state index contributed by atoms with van der Waals surface area (Å²) >= 11 is 0. The van der Waals surface area contributed by atoms with E-state index in [2.05, 4.69) is 11.0 Å². The van der Waals surface area contributed by atoms with Crippen LogP contribution in [-0.4, -0.2) is 36.1 Å². The number of nitro groups is 1. The largest absolute Gasteiger partial charge is 0.493 e. The van der Waals surface area contributed by atoms with E-state index in [1.807, 2.05) is 18.2 Å². The summed E-state index contributed by atoms with van der Waals surface area (Å²) in [6.45, 7) is 3.46. The van der Waals surface area contributed by atoms with Crippen LogP contribution in [0.3, 0.4) is 0 Å². The van der Waals surface area contributed by atoms with Gasteiger partial charge in [-0.3, -0.25) is 10.1 Å². The molecule has 2 atom stereocenters. The number of nitrogens with zero attached hydrogens (tertiary/aromatic N) is 3. The predicted octanol–water partition coefficient (Wildman–Crippen LogP) is 3.12. The van der Waals surface area contributed by atoms with Crippen molar-refractivity contribution in [2.45, 2.75) is 12.3 Å². The molecule has 2 heterocycles. The molecule has 2 unspecified atom stereocenters. The minimum absolute atomic E-state index is 0.143. The summed E-state index contributed by atoms with van der Waals surface area (Å²) in [5, 5.41) is 20.1. The number of nitro benzene ring substituents is 1. The summed E-state index contributed by atoms with van der Waals surface area (Å²) in [6.07, 6.45) is 0.785. The van der Waals surface area contributed by atoms with Crippen LogP contribution in [0, 0.1) is 27.4 Å². The highest BCUT2D eigenvalue weighted by atomic mass is 16.6. The van der Waals surface area contributed by atoms with Crippen molar-refractivity contribution in [2.75, 3.05) is 26.2 Å². The Balaban J connectivity index is 1.44. The SMILES string of the molecule is N#Cc1ccc2c(c1)C1CN(CCc3cccc([N+](=O)[O-])c3)CC1CO2. The van der Waals surface area contributed by atoms with Crippen LogP contribution in [-0.2, 0) is 6.42 Å². The Hall–Kier alpha value is -2.91. The van der Waals surface area contributed by atoms with Gasteiger partial charge >= 0.3 is 0 Å². The number of ether oxygens (including phenoxy) is 1. The fourth-order valence-corrected chi connectivity index (χ4v) is 4.01. The molecule has 0 aromatic heterocycles.